The number of carbonyl (C=O) groups is 1. The highest BCUT2D eigenvalue weighted by atomic mass is 32.1. The molecule has 0 aliphatic carbocycles. The lowest BCUT2D eigenvalue weighted by molar-refractivity contribution is -0.396. The molecule has 1 amide bonds. The lowest BCUT2D eigenvalue weighted by Crippen LogP contribution is -2.38. The van der Waals surface area contributed by atoms with Crippen LogP contribution in [0.5, 0.6) is 17.2 Å². The molecule has 2 aliphatic heterocycles. The molecule has 37 heavy (non-hydrogen) atoms. The first kappa shape index (κ1) is 24.4. The number of hydrogen-bond donors (Lipinski definition) is 1. The van der Waals surface area contributed by atoms with E-state index in [4.69, 9.17) is 14.5 Å². The van der Waals surface area contributed by atoms with Crippen LogP contribution in [0.3, 0.4) is 0 Å². The largest absolute Gasteiger partial charge is 0.497 e. The maximum atomic E-state index is 12.9. The van der Waals surface area contributed by atoms with Gasteiger partial charge in [0.15, 0.2) is 11.5 Å². The van der Waals surface area contributed by atoms with Gasteiger partial charge in [0.2, 0.25) is 5.91 Å². The van der Waals surface area contributed by atoms with Gasteiger partial charge in [0.1, 0.15) is 13.2 Å². The topological polar surface area (TPSA) is 158 Å². The zero-order valence-electron chi connectivity index (χ0n) is 19.5. The summed E-state index contributed by atoms with van der Waals surface area (Å²) in [6.07, 6.45) is 1.17. The molecule has 5 rings (SSSR count). The van der Waals surface area contributed by atoms with Crippen LogP contribution in [0.4, 0.5) is 11.4 Å². The molecule has 1 saturated heterocycles. The van der Waals surface area contributed by atoms with Gasteiger partial charge in [-0.2, -0.15) is 0 Å². The number of fused-ring (bicyclic) bond motifs is 1. The van der Waals surface area contributed by atoms with Crippen molar-refractivity contribution >= 4 is 28.6 Å². The third-order valence-corrected chi connectivity index (χ3v) is 7.44. The molecule has 0 saturated carbocycles. The van der Waals surface area contributed by atoms with Crippen molar-refractivity contribution in [1.29, 1.82) is 0 Å². The second kappa shape index (κ2) is 10.0. The second-order valence-electron chi connectivity index (χ2n) is 8.76. The molecule has 0 bridgehead atoms. The molecule has 12 nitrogen and oxygen atoms in total. The van der Waals surface area contributed by atoms with Gasteiger partial charge in [0.25, 0.3) is 5.75 Å². The predicted octanol–water partition coefficient (Wildman–Crippen LogP) is 4.05. The van der Waals surface area contributed by atoms with Crippen molar-refractivity contribution in [3.8, 4) is 28.5 Å². The fourth-order valence-electron chi connectivity index (χ4n) is 4.51. The summed E-state index contributed by atoms with van der Waals surface area (Å²) in [7, 11) is 0. The monoisotopic (exact) mass is 526 g/mol. The maximum absolute atomic E-state index is 12.9. The van der Waals surface area contributed by atoms with Gasteiger partial charge in [-0.25, -0.2) is 4.98 Å². The second-order valence-corrected chi connectivity index (χ2v) is 9.65. The van der Waals surface area contributed by atoms with E-state index in [9.17, 15) is 30.1 Å². The Kier molecular flexibility index (Phi) is 6.61. The van der Waals surface area contributed by atoms with Gasteiger partial charge in [-0.05, 0) is 36.6 Å². The maximum Gasteiger partial charge on any atom is 0.318 e. The van der Waals surface area contributed by atoms with E-state index >= 15 is 0 Å². The Morgan fingerprint density at radius 1 is 1.05 bits per heavy atom. The number of thiazole rings is 1. The summed E-state index contributed by atoms with van der Waals surface area (Å²) >= 11 is 1.57. The first-order valence-corrected chi connectivity index (χ1v) is 12.5. The summed E-state index contributed by atoms with van der Waals surface area (Å²) in [4.78, 5) is 39.9. The number of likely N-dealkylation sites (tertiary alicyclic amines) is 1. The number of amides is 1. The molecule has 0 radical (unpaired) electrons. The van der Waals surface area contributed by atoms with Crippen LogP contribution < -0.4 is 9.47 Å². The number of phenolic OH excluding ortho intramolecular Hbond substituents is 1. The molecule has 2 aliphatic rings. The predicted molar refractivity (Wildman–Crippen MR) is 132 cm³/mol. The molecule has 1 N–H and O–H groups in total. The minimum Gasteiger partial charge on any atom is -0.497 e. The van der Waals surface area contributed by atoms with E-state index in [1.54, 1.807) is 16.2 Å². The number of ether oxygens (including phenoxy) is 2. The Balaban J connectivity index is 1.22. The molecular formula is C24H22N4O8S. The van der Waals surface area contributed by atoms with E-state index in [-0.39, 0.29) is 23.8 Å². The highest BCUT2D eigenvalue weighted by Gasteiger charge is 2.29. The van der Waals surface area contributed by atoms with Crippen LogP contribution >= 0.6 is 11.3 Å². The lowest BCUT2D eigenvalue weighted by atomic mass is 9.97. The SMILES string of the molecule is O=C(Cc1cc([N+](=O)[O-])c(O)c([N+](=O)[O-])c1)N1CCC(c2nc(-c3ccc4c(c3)OCCO4)cs2)CC1. The number of aromatic nitrogens is 1. The van der Waals surface area contributed by atoms with Crippen LogP contribution in [-0.4, -0.2) is 57.0 Å². The Hall–Kier alpha value is -4.26. The average Bonchev–Trinajstić information content (AvgIpc) is 3.39. The first-order valence-electron chi connectivity index (χ1n) is 11.6. The summed E-state index contributed by atoms with van der Waals surface area (Å²) in [6, 6.07) is 7.76. The molecule has 3 heterocycles. The van der Waals surface area contributed by atoms with Gasteiger partial charge in [0, 0.05) is 42.1 Å². The number of phenols is 1. The van der Waals surface area contributed by atoms with E-state index < -0.39 is 27.0 Å². The Morgan fingerprint density at radius 2 is 1.70 bits per heavy atom. The fourth-order valence-corrected chi connectivity index (χ4v) is 5.51. The number of nitrogens with zero attached hydrogens (tertiary/aromatic N) is 4. The number of nitro groups is 2. The zero-order valence-corrected chi connectivity index (χ0v) is 20.3. The van der Waals surface area contributed by atoms with Crippen molar-refractivity contribution in [1.82, 2.24) is 9.88 Å². The van der Waals surface area contributed by atoms with Gasteiger partial charge < -0.3 is 19.5 Å². The van der Waals surface area contributed by atoms with E-state index in [1.165, 1.54) is 0 Å². The van der Waals surface area contributed by atoms with Crippen molar-refractivity contribution in [3.05, 3.63) is 66.5 Å². The molecule has 2 aromatic carbocycles. The van der Waals surface area contributed by atoms with Crippen LogP contribution in [0.25, 0.3) is 11.3 Å². The van der Waals surface area contributed by atoms with E-state index in [0.717, 1.165) is 34.1 Å². The normalized spacial score (nSPS) is 15.4. The van der Waals surface area contributed by atoms with Gasteiger partial charge in [-0.3, -0.25) is 25.0 Å². The van der Waals surface area contributed by atoms with Gasteiger partial charge in [-0.1, -0.05) is 0 Å². The number of aromatic hydroxyl groups is 1. The van der Waals surface area contributed by atoms with Crippen LogP contribution in [0.2, 0.25) is 0 Å². The van der Waals surface area contributed by atoms with Crippen molar-refractivity contribution in [3.63, 3.8) is 0 Å². The highest BCUT2D eigenvalue weighted by Crippen LogP contribution is 2.38. The van der Waals surface area contributed by atoms with E-state index in [2.05, 4.69) is 0 Å². The van der Waals surface area contributed by atoms with Gasteiger partial charge >= 0.3 is 11.4 Å². The summed E-state index contributed by atoms with van der Waals surface area (Å²) in [5, 5.41) is 35.1. The van der Waals surface area contributed by atoms with Crippen LogP contribution in [0.15, 0.2) is 35.7 Å². The van der Waals surface area contributed by atoms with E-state index in [0.29, 0.717) is 44.9 Å². The summed E-state index contributed by atoms with van der Waals surface area (Å²) < 4.78 is 11.2. The van der Waals surface area contributed by atoms with Crippen molar-refractivity contribution in [2.45, 2.75) is 25.2 Å². The molecule has 3 aromatic rings. The minimum atomic E-state index is -1.02. The molecule has 0 spiro atoms. The molecule has 1 fully saturated rings. The molecular weight excluding hydrogens is 504 g/mol. The number of nitro benzene ring substituents is 2. The van der Waals surface area contributed by atoms with Crippen molar-refractivity contribution < 1.29 is 29.2 Å². The summed E-state index contributed by atoms with van der Waals surface area (Å²) in [5.41, 5.74) is 0.302. The van der Waals surface area contributed by atoms with Crippen molar-refractivity contribution in [2.24, 2.45) is 0 Å². The molecule has 192 valence electrons. The van der Waals surface area contributed by atoms with E-state index in [1.807, 2.05) is 23.6 Å². The minimum absolute atomic E-state index is 0.104. The Morgan fingerprint density at radius 3 is 2.35 bits per heavy atom. The van der Waals surface area contributed by atoms with Crippen LogP contribution in [-0.2, 0) is 11.2 Å². The van der Waals surface area contributed by atoms with Gasteiger partial charge in [-0.15, -0.1) is 11.3 Å². The quantitative estimate of drug-likeness (QED) is 0.369. The zero-order chi connectivity index (χ0) is 26.1. The smallest absolute Gasteiger partial charge is 0.318 e. The Bertz CT molecular complexity index is 1350. The van der Waals surface area contributed by atoms with Crippen molar-refractivity contribution in [2.75, 3.05) is 26.3 Å². The molecule has 0 atom stereocenters. The third kappa shape index (κ3) is 5.03. The standard InChI is InChI=1S/C24H22N4O8S/c29-22(11-14-9-18(27(31)32)23(30)19(10-14)28(33)34)26-5-3-15(4-6-26)24-25-17(13-37-24)16-1-2-20-21(12-16)36-8-7-35-20/h1-2,9-10,12-13,15,30H,3-8,11H2. The third-order valence-electron chi connectivity index (χ3n) is 6.44. The van der Waals surface area contributed by atoms with Gasteiger partial charge in [0.05, 0.1) is 27.0 Å². The average molecular weight is 527 g/mol. The summed E-state index contributed by atoms with van der Waals surface area (Å²) in [6.45, 7) is 2.00. The highest BCUT2D eigenvalue weighted by molar-refractivity contribution is 7.10. The van der Waals surface area contributed by atoms with Crippen LogP contribution in [0, 0.1) is 20.2 Å². The molecule has 13 heteroatoms. The Labute approximate surface area is 214 Å². The number of benzene rings is 2. The number of rotatable bonds is 6. The summed E-state index contributed by atoms with van der Waals surface area (Å²) in [5.74, 6) is 0.305. The number of hydrogen-bond acceptors (Lipinski definition) is 10. The lowest BCUT2D eigenvalue weighted by Gasteiger charge is -2.31. The van der Waals surface area contributed by atoms with Crippen LogP contribution in [0.1, 0.15) is 29.3 Å². The number of piperidine rings is 1. The molecule has 1 aromatic heterocycles. The number of carbonyl (C=O) groups excluding carboxylic acids is 1. The fraction of sp³-hybridized carbons (Fsp3) is 0.333. The molecule has 0 unspecified atom stereocenters. The first-order chi connectivity index (χ1) is 17.8.